The molecule has 6 heteroatoms. The second kappa shape index (κ2) is 6.10. The van der Waals surface area contributed by atoms with Gasteiger partial charge in [0.1, 0.15) is 6.61 Å². The number of ether oxygens (including phenoxy) is 1. The molecule has 0 aromatic rings. The number of amides is 2. The van der Waals surface area contributed by atoms with Crippen molar-refractivity contribution in [3.05, 3.63) is 0 Å². The lowest BCUT2D eigenvalue weighted by molar-refractivity contribution is -0.129. The van der Waals surface area contributed by atoms with Gasteiger partial charge >= 0.3 is 6.09 Å². The van der Waals surface area contributed by atoms with Crippen molar-refractivity contribution < 1.29 is 14.3 Å². The first-order valence-corrected chi connectivity index (χ1v) is 7.66. The molecule has 2 amide bonds. The highest BCUT2D eigenvalue weighted by Gasteiger charge is 2.35. The first kappa shape index (κ1) is 13.8. The van der Waals surface area contributed by atoms with Gasteiger partial charge in [0.2, 0.25) is 5.91 Å². The molecule has 2 aliphatic heterocycles. The van der Waals surface area contributed by atoms with E-state index in [4.69, 9.17) is 4.74 Å². The molecule has 0 spiro atoms. The van der Waals surface area contributed by atoms with E-state index in [-0.39, 0.29) is 5.91 Å². The first-order chi connectivity index (χ1) is 9.74. The Hall–Kier alpha value is -1.14. The minimum absolute atomic E-state index is 0.108. The molecule has 3 rings (SSSR count). The fourth-order valence-corrected chi connectivity index (χ4v) is 3.07. The molecule has 0 radical (unpaired) electrons. The number of nitrogens with zero attached hydrogens (tertiary/aromatic N) is 2. The van der Waals surface area contributed by atoms with Crippen LogP contribution in [0.4, 0.5) is 4.79 Å². The van der Waals surface area contributed by atoms with Gasteiger partial charge in [-0.1, -0.05) is 0 Å². The van der Waals surface area contributed by atoms with Crippen LogP contribution in [0, 0.1) is 5.92 Å². The normalized spacial score (nSPS) is 26.9. The van der Waals surface area contributed by atoms with Crippen molar-refractivity contribution in [2.75, 3.05) is 39.3 Å². The lowest BCUT2D eigenvalue weighted by Gasteiger charge is -2.30. The molecule has 2 heterocycles. The van der Waals surface area contributed by atoms with Crippen molar-refractivity contribution in [2.24, 2.45) is 5.92 Å². The summed E-state index contributed by atoms with van der Waals surface area (Å²) in [4.78, 5) is 27.1. The van der Waals surface area contributed by atoms with Gasteiger partial charge in [0.05, 0.1) is 13.1 Å². The summed E-state index contributed by atoms with van der Waals surface area (Å²) in [6.07, 6.45) is 4.33. The molecule has 112 valence electrons. The van der Waals surface area contributed by atoms with Crippen LogP contribution in [0.1, 0.15) is 25.7 Å². The number of carbonyl (C=O) groups is 2. The zero-order chi connectivity index (χ0) is 13.9. The molecule has 20 heavy (non-hydrogen) atoms. The Morgan fingerprint density at radius 3 is 2.85 bits per heavy atom. The maximum Gasteiger partial charge on any atom is 0.416 e. The number of nitrogens with one attached hydrogen (secondary N) is 1. The van der Waals surface area contributed by atoms with E-state index in [1.807, 2.05) is 0 Å². The van der Waals surface area contributed by atoms with E-state index in [1.54, 1.807) is 0 Å². The number of piperidine rings is 1. The van der Waals surface area contributed by atoms with Crippen LogP contribution < -0.4 is 5.32 Å². The standard InChI is InChI=1S/C14H23N3O3/c18-13(17-6-7-20-14(17)19)10-16(12-3-4-12)9-11-2-1-5-15-8-11/h11-12,15H,1-10H2. The highest BCUT2D eigenvalue weighted by Crippen LogP contribution is 2.28. The highest BCUT2D eigenvalue weighted by molar-refractivity contribution is 5.94. The van der Waals surface area contributed by atoms with Crippen molar-refractivity contribution in [2.45, 2.75) is 31.7 Å². The van der Waals surface area contributed by atoms with Gasteiger partial charge in [-0.05, 0) is 44.7 Å². The third kappa shape index (κ3) is 3.30. The zero-order valence-electron chi connectivity index (χ0n) is 11.8. The van der Waals surface area contributed by atoms with Crippen LogP contribution in [-0.2, 0) is 9.53 Å². The van der Waals surface area contributed by atoms with Crippen LogP contribution in [0.15, 0.2) is 0 Å². The SMILES string of the molecule is O=C(CN(CC1CCCNC1)C1CC1)N1CCOC1=O. The molecule has 1 aliphatic carbocycles. The summed E-state index contributed by atoms with van der Waals surface area (Å²) in [6, 6.07) is 0.541. The Morgan fingerprint density at radius 1 is 1.40 bits per heavy atom. The van der Waals surface area contributed by atoms with E-state index >= 15 is 0 Å². The van der Waals surface area contributed by atoms with Crippen LogP contribution in [0.25, 0.3) is 0 Å². The van der Waals surface area contributed by atoms with E-state index in [0.29, 0.717) is 31.7 Å². The third-order valence-electron chi connectivity index (χ3n) is 4.36. The highest BCUT2D eigenvalue weighted by atomic mass is 16.6. The minimum Gasteiger partial charge on any atom is -0.447 e. The van der Waals surface area contributed by atoms with Crippen molar-refractivity contribution >= 4 is 12.0 Å². The smallest absolute Gasteiger partial charge is 0.416 e. The number of carbonyl (C=O) groups excluding carboxylic acids is 2. The number of rotatable bonds is 5. The molecular formula is C14H23N3O3. The molecule has 0 bridgehead atoms. The predicted octanol–water partition coefficient (Wildman–Crippen LogP) is 0.429. The van der Waals surface area contributed by atoms with Gasteiger partial charge in [-0.25, -0.2) is 9.69 Å². The summed E-state index contributed by atoms with van der Waals surface area (Å²) < 4.78 is 4.83. The summed E-state index contributed by atoms with van der Waals surface area (Å²) >= 11 is 0. The molecule has 2 saturated heterocycles. The molecule has 0 aromatic carbocycles. The molecule has 1 N–H and O–H groups in total. The number of cyclic esters (lactones) is 1. The second-order valence-electron chi connectivity index (χ2n) is 6.03. The molecular weight excluding hydrogens is 258 g/mol. The maximum atomic E-state index is 12.2. The van der Waals surface area contributed by atoms with Gasteiger partial charge < -0.3 is 10.1 Å². The van der Waals surface area contributed by atoms with Crippen molar-refractivity contribution in [1.29, 1.82) is 0 Å². The van der Waals surface area contributed by atoms with E-state index < -0.39 is 6.09 Å². The summed E-state index contributed by atoms with van der Waals surface area (Å²) in [5.74, 6) is 0.519. The van der Waals surface area contributed by atoms with Crippen molar-refractivity contribution in [3.63, 3.8) is 0 Å². The van der Waals surface area contributed by atoms with Crippen LogP contribution in [-0.4, -0.2) is 67.2 Å². The van der Waals surface area contributed by atoms with E-state index in [1.165, 1.54) is 30.6 Å². The summed E-state index contributed by atoms with van der Waals surface area (Å²) in [6.45, 7) is 4.21. The van der Waals surface area contributed by atoms with E-state index in [2.05, 4.69) is 10.2 Å². The molecule has 1 atom stereocenters. The average molecular weight is 281 g/mol. The number of imide groups is 1. The Balaban J connectivity index is 1.53. The van der Waals surface area contributed by atoms with Gasteiger partial charge in [-0.15, -0.1) is 0 Å². The van der Waals surface area contributed by atoms with Crippen molar-refractivity contribution in [1.82, 2.24) is 15.1 Å². The number of hydrogen-bond donors (Lipinski definition) is 1. The predicted molar refractivity (Wildman–Crippen MR) is 73.2 cm³/mol. The Bertz CT molecular complexity index is 378. The fraction of sp³-hybridized carbons (Fsp3) is 0.857. The Morgan fingerprint density at radius 2 is 2.25 bits per heavy atom. The van der Waals surface area contributed by atoms with Gasteiger partial charge in [0.25, 0.3) is 0 Å². The average Bonchev–Trinajstić information content (AvgIpc) is 3.21. The minimum atomic E-state index is -0.481. The zero-order valence-corrected chi connectivity index (χ0v) is 11.8. The molecule has 1 saturated carbocycles. The van der Waals surface area contributed by atoms with Gasteiger partial charge in [0, 0.05) is 12.6 Å². The van der Waals surface area contributed by atoms with Crippen molar-refractivity contribution in [3.8, 4) is 0 Å². The Labute approximate surface area is 119 Å². The van der Waals surface area contributed by atoms with Crippen LogP contribution in [0.3, 0.4) is 0 Å². The summed E-state index contributed by atoms with van der Waals surface area (Å²) in [5, 5.41) is 3.42. The molecule has 0 aromatic heterocycles. The number of hydrogen-bond acceptors (Lipinski definition) is 5. The van der Waals surface area contributed by atoms with Gasteiger partial charge in [0.15, 0.2) is 0 Å². The quantitative estimate of drug-likeness (QED) is 0.792. The van der Waals surface area contributed by atoms with Gasteiger partial charge in [-0.3, -0.25) is 9.69 Å². The molecule has 3 fully saturated rings. The summed E-state index contributed by atoms with van der Waals surface area (Å²) in [5.41, 5.74) is 0. The molecule has 1 unspecified atom stereocenters. The van der Waals surface area contributed by atoms with Crippen LogP contribution >= 0.6 is 0 Å². The van der Waals surface area contributed by atoms with Crippen LogP contribution in [0.2, 0.25) is 0 Å². The maximum absolute atomic E-state index is 12.2. The largest absolute Gasteiger partial charge is 0.447 e. The molecule has 6 nitrogen and oxygen atoms in total. The summed E-state index contributed by atoms with van der Waals surface area (Å²) in [7, 11) is 0. The topological polar surface area (TPSA) is 61.9 Å². The third-order valence-corrected chi connectivity index (χ3v) is 4.36. The first-order valence-electron chi connectivity index (χ1n) is 7.66. The lowest BCUT2D eigenvalue weighted by Crippen LogP contribution is -2.45. The van der Waals surface area contributed by atoms with Crippen LogP contribution in [0.5, 0.6) is 0 Å². The second-order valence-corrected chi connectivity index (χ2v) is 6.03. The molecule has 3 aliphatic rings. The van der Waals surface area contributed by atoms with E-state index in [9.17, 15) is 9.59 Å². The monoisotopic (exact) mass is 281 g/mol. The van der Waals surface area contributed by atoms with E-state index in [0.717, 1.165) is 19.6 Å². The van der Waals surface area contributed by atoms with Gasteiger partial charge in [-0.2, -0.15) is 0 Å². The lowest BCUT2D eigenvalue weighted by atomic mass is 9.99. The Kier molecular flexibility index (Phi) is 4.21. The fourth-order valence-electron chi connectivity index (χ4n) is 3.07.